The Labute approximate surface area is 244 Å². The molecule has 6 atom stereocenters. The summed E-state index contributed by atoms with van der Waals surface area (Å²) in [6, 6.07) is -1.65. The number of carbonyl (C=O) groups excluding carboxylic acids is 4. The van der Waals surface area contributed by atoms with Crippen molar-refractivity contribution in [2.24, 2.45) is 11.3 Å². The van der Waals surface area contributed by atoms with Gasteiger partial charge in [-0.3, -0.25) is 28.3 Å². The highest BCUT2D eigenvalue weighted by Crippen LogP contribution is 2.46. The topological polar surface area (TPSA) is 179 Å². The van der Waals surface area contributed by atoms with Gasteiger partial charge >= 0.3 is 25.7 Å². The van der Waals surface area contributed by atoms with Gasteiger partial charge in [-0.25, -0.2) is 14.4 Å². The van der Waals surface area contributed by atoms with Crippen molar-refractivity contribution >= 4 is 42.6 Å². The third-order valence-corrected chi connectivity index (χ3v) is 8.72. The molecule has 3 N–H and O–H groups in total. The van der Waals surface area contributed by atoms with E-state index in [9.17, 15) is 28.8 Å². The number of carbonyl (C=O) groups is 4. The fraction of sp³-hybridized carbons (Fsp3) is 0.760. The minimum absolute atomic E-state index is 0.0527. The van der Waals surface area contributed by atoms with Crippen molar-refractivity contribution in [1.82, 2.24) is 15.3 Å². The molecule has 0 aromatic carbocycles. The summed E-state index contributed by atoms with van der Waals surface area (Å²) in [5, 5.41) is 14.5. The summed E-state index contributed by atoms with van der Waals surface area (Å²) in [5.74, 6) is -1.44. The van der Waals surface area contributed by atoms with Crippen LogP contribution in [0.5, 0.6) is 0 Å². The number of aliphatic hydroxyl groups is 1. The Balaban J connectivity index is 2.14. The second-order valence-electron chi connectivity index (χ2n) is 10.9. The lowest BCUT2D eigenvalue weighted by Gasteiger charge is -2.30. The van der Waals surface area contributed by atoms with E-state index in [1.54, 1.807) is 34.6 Å². The molecule has 1 fully saturated rings. The van der Waals surface area contributed by atoms with E-state index >= 15 is 0 Å². The number of hydrogen-bond acceptors (Lipinski definition) is 12. The average Bonchev–Trinajstić information content (AvgIpc) is 3.25. The Hall–Kier alpha value is -2.00. The van der Waals surface area contributed by atoms with Gasteiger partial charge in [-0.2, -0.15) is 0 Å². The van der Waals surface area contributed by atoms with E-state index in [1.807, 2.05) is 0 Å². The minimum Gasteiger partial charge on any atom is -0.465 e. The number of nitrogens with one attached hydrogen (secondary N) is 2. The minimum atomic E-state index is -4.17. The van der Waals surface area contributed by atoms with Crippen molar-refractivity contribution in [3.05, 3.63) is 12.3 Å². The molecule has 1 saturated heterocycles. The van der Waals surface area contributed by atoms with Gasteiger partial charge in [-0.15, -0.1) is 0 Å². The van der Waals surface area contributed by atoms with Crippen molar-refractivity contribution in [3.63, 3.8) is 0 Å². The van der Waals surface area contributed by atoms with Crippen LogP contribution < -0.4 is 10.4 Å². The number of urea groups is 1. The van der Waals surface area contributed by atoms with Gasteiger partial charge in [0.05, 0.1) is 32.0 Å². The predicted octanol–water partition coefficient (Wildman–Crippen LogP) is 2.51. The summed E-state index contributed by atoms with van der Waals surface area (Å²) in [4.78, 5) is 49.7. The van der Waals surface area contributed by atoms with E-state index in [0.717, 1.165) is 11.8 Å². The molecule has 0 aromatic rings. The molecule has 2 aliphatic rings. The number of rotatable bonds is 14. The summed E-state index contributed by atoms with van der Waals surface area (Å²) in [7, 11) is -4.17. The Kier molecular flexibility index (Phi) is 13.3. The molecule has 14 nitrogen and oxygen atoms in total. The molecular formula is C25H42N3O11PS. The maximum absolute atomic E-state index is 13.7. The van der Waals surface area contributed by atoms with Crippen LogP contribution in [0.25, 0.3) is 0 Å². The van der Waals surface area contributed by atoms with Crippen LogP contribution in [-0.2, 0) is 42.2 Å². The first kappa shape index (κ1) is 35.2. The van der Waals surface area contributed by atoms with Crippen LogP contribution in [0.15, 0.2) is 12.3 Å². The molecule has 2 amide bonds. The molecular weight excluding hydrogens is 581 g/mol. The van der Waals surface area contributed by atoms with Gasteiger partial charge in [0.1, 0.15) is 18.5 Å². The number of ether oxygens (including phenoxy) is 3. The van der Waals surface area contributed by atoms with E-state index in [-0.39, 0.29) is 37.1 Å². The first-order chi connectivity index (χ1) is 19.0. The van der Waals surface area contributed by atoms with Gasteiger partial charge in [-0.05, 0) is 26.8 Å². The lowest BCUT2D eigenvalue weighted by atomic mass is 10.00. The lowest BCUT2D eigenvalue weighted by Crippen LogP contribution is -2.49. The van der Waals surface area contributed by atoms with E-state index < -0.39 is 67.8 Å². The van der Waals surface area contributed by atoms with Crippen LogP contribution in [0.4, 0.5) is 4.79 Å². The van der Waals surface area contributed by atoms with Crippen molar-refractivity contribution in [1.29, 1.82) is 0 Å². The zero-order chi connectivity index (χ0) is 31.0. The molecule has 0 radical (unpaired) electrons. The molecule has 2 heterocycles. The summed E-state index contributed by atoms with van der Waals surface area (Å²) in [5.41, 5.74) is -0.565. The Bertz CT molecular complexity index is 1020. The van der Waals surface area contributed by atoms with E-state index in [4.69, 9.17) is 23.3 Å². The lowest BCUT2D eigenvalue weighted by molar-refractivity contribution is -0.149. The zero-order valence-corrected chi connectivity index (χ0v) is 26.2. The Morgan fingerprint density at radius 1 is 1.24 bits per heavy atom. The normalized spacial score (nSPS) is 25.0. The maximum atomic E-state index is 13.7. The largest absolute Gasteiger partial charge is 0.465 e. The van der Waals surface area contributed by atoms with Crippen molar-refractivity contribution in [3.8, 4) is 0 Å². The van der Waals surface area contributed by atoms with Crippen LogP contribution in [0.2, 0.25) is 0 Å². The third kappa shape index (κ3) is 11.7. The molecule has 0 bridgehead atoms. The SMILES string of the molecule is CC(=O)OCC1CC(N2C=CC(O)NC2=O)OC1COP(=O)(NC(C)C(=O)OC(C)C)OCCSC(=O)C(C)(C)C. The van der Waals surface area contributed by atoms with Crippen LogP contribution in [0, 0.1) is 11.3 Å². The highest BCUT2D eigenvalue weighted by molar-refractivity contribution is 8.13. The van der Waals surface area contributed by atoms with E-state index in [0.29, 0.717) is 0 Å². The number of nitrogens with zero attached hydrogens (tertiary/aromatic N) is 1. The van der Waals surface area contributed by atoms with Gasteiger partial charge in [0.2, 0.25) is 0 Å². The third-order valence-electron chi connectivity index (χ3n) is 5.76. The number of thioether (sulfide) groups is 1. The van der Waals surface area contributed by atoms with Crippen LogP contribution >= 0.6 is 19.5 Å². The molecule has 2 rings (SSSR count). The van der Waals surface area contributed by atoms with Crippen LogP contribution in [0.3, 0.4) is 0 Å². The monoisotopic (exact) mass is 623 g/mol. The zero-order valence-electron chi connectivity index (χ0n) is 24.5. The molecule has 6 unspecified atom stereocenters. The number of aliphatic hydroxyl groups excluding tert-OH is 1. The molecule has 0 spiro atoms. The number of esters is 2. The highest BCUT2D eigenvalue weighted by Gasteiger charge is 2.43. The predicted molar refractivity (Wildman–Crippen MR) is 149 cm³/mol. The fourth-order valence-electron chi connectivity index (χ4n) is 3.67. The first-order valence-electron chi connectivity index (χ1n) is 13.3. The summed E-state index contributed by atoms with van der Waals surface area (Å²) in [6.45, 7) is 10.9. The quantitative estimate of drug-likeness (QED) is 0.146. The van der Waals surface area contributed by atoms with Gasteiger partial charge in [-0.1, -0.05) is 32.5 Å². The molecule has 0 aromatic heterocycles. The maximum Gasteiger partial charge on any atom is 0.406 e. The van der Waals surface area contributed by atoms with Crippen LogP contribution in [-0.4, -0.2) is 89.4 Å². The van der Waals surface area contributed by atoms with Gasteiger partial charge < -0.3 is 24.6 Å². The second kappa shape index (κ2) is 15.5. The molecule has 234 valence electrons. The van der Waals surface area contributed by atoms with Crippen molar-refractivity contribution < 1.29 is 52.1 Å². The standard InChI is InChI=1S/C25H42N3O11PS/c1-15(2)38-22(31)16(3)27-40(34,36-10-11-41-23(32)25(5,6)7)37-14-19-18(13-35-17(4)29)12-21(39-19)28-9-8-20(30)26-24(28)33/h8-9,15-16,18-21,30H,10-14H2,1-7H3,(H,26,33)(H,27,34). The Morgan fingerprint density at radius 3 is 2.51 bits per heavy atom. The van der Waals surface area contributed by atoms with Crippen LogP contribution in [0.1, 0.15) is 54.9 Å². The average molecular weight is 624 g/mol. The highest BCUT2D eigenvalue weighted by atomic mass is 32.2. The summed E-state index contributed by atoms with van der Waals surface area (Å²) < 4.78 is 41.4. The fourth-order valence-corrected chi connectivity index (χ4v) is 6.05. The molecule has 16 heteroatoms. The summed E-state index contributed by atoms with van der Waals surface area (Å²) >= 11 is 1.03. The molecule has 0 saturated carbocycles. The first-order valence-corrected chi connectivity index (χ1v) is 15.8. The van der Waals surface area contributed by atoms with Crippen molar-refractivity contribution in [2.75, 3.05) is 25.6 Å². The van der Waals surface area contributed by atoms with Crippen molar-refractivity contribution in [2.45, 2.75) is 85.6 Å². The molecule has 0 aliphatic carbocycles. The second-order valence-corrected chi connectivity index (χ2v) is 13.8. The Morgan fingerprint density at radius 2 is 1.93 bits per heavy atom. The van der Waals surface area contributed by atoms with Gasteiger partial charge in [0, 0.05) is 36.6 Å². The number of hydrogen-bond donors (Lipinski definition) is 3. The van der Waals surface area contributed by atoms with Gasteiger partial charge in [0.25, 0.3) is 0 Å². The number of amides is 2. The van der Waals surface area contributed by atoms with E-state index in [1.165, 1.54) is 31.0 Å². The molecule has 2 aliphatic heterocycles. The molecule has 41 heavy (non-hydrogen) atoms. The smallest absolute Gasteiger partial charge is 0.406 e. The summed E-state index contributed by atoms with van der Waals surface area (Å²) in [6.07, 6.45) is -0.124. The van der Waals surface area contributed by atoms with Gasteiger partial charge in [0.15, 0.2) is 5.12 Å². The van der Waals surface area contributed by atoms with E-state index in [2.05, 4.69) is 10.4 Å².